The molecule has 1 aliphatic rings. The lowest BCUT2D eigenvalue weighted by molar-refractivity contribution is 0.116. The highest BCUT2D eigenvalue weighted by molar-refractivity contribution is 5.42. The second-order valence-corrected chi connectivity index (χ2v) is 7.83. The fraction of sp³-hybridized carbons (Fsp3) is 0.520. The molecule has 156 valence electrons. The van der Waals surface area contributed by atoms with E-state index in [1.54, 1.807) is 7.11 Å². The van der Waals surface area contributed by atoms with Crippen molar-refractivity contribution >= 4 is 0 Å². The predicted octanol–water partition coefficient (Wildman–Crippen LogP) is 5.86. The van der Waals surface area contributed by atoms with E-state index in [2.05, 4.69) is 94.2 Å². The smallest absolute Gasteiger partial charge is 0.124 e. The van der Waals surface area contributed by atoms with Gasteiger partial charge < -0.3 is 4.74 Å². The van der Waals surface area contributed by atoms with E-state index in [4.69, 9.17) is 4.74 Å². The van der Waals surface area contributed by atoms with Gasteiger partial charge in [-0.1, -0.05) is 61.9 Å². The van der Waals surface area contributed by atoms with E-state index in [1.165, 1.54) is 22.3 Å². The zero-order chi connectivity index (χ0) is 21.3. The van der Waals surface area contributed by atoms with Crippen LogP contribution in [0.1, 0.15) is 56.9 Å². The topological polar surface area (TPSA) is 24.5 Å². The lowest BCUT2D eigenvalue weighted by atomic mass is 10.1. The maximum absolute atomic E-state index is 5.23. The van der Waals surface area contributed by atoms with Crippen molar-refractivity contribution in [2.75, 3.05) is 13.7 Å². The van der Waals surface area contributed by atoms with Gasteiger partial charge in [-0.05, 0) is 58.2 Å². The average Bonchev–Trinajstić information content (AvgIpc) is 2.91. The molecule has 2 aromatic rings. The Morgan fingerprint density at radius 3 is 2.00 bits per heavy atom. The lowest BCUT2D eigenvalue weighted by Crippen LogP contribution is -2.46. The fourth-order valence-electron chi connectivity index (χ4n) is 3.78. The van der Waals surface area contributed by atoms with Crippen molar-refractivity contribution in [1.82, 2.24) is 10.2 Å². The second-order valence-electron chi connectivity index (χ2n) is 7.83. The van der Waals surface area contributed by atoms with Gasteiger partial charge >= 0.3 is 0 Å². The van der Waals surface area contributed by atoms with Crippen LogP contribution in [0.4, 0.5) is 0 Å². The van der Waals surface area contributed by atoms with Gasteiger partial charge in [-0.3, -0.25) is 10.2 Å². The number of nitrogens with one attached hydrogen (secondary N) is 1. The molecule has 1 fully saturated rings. The summed E-state index contributed by atoms with van der Waals surface area (Å²) in [5, 5.41) is 3.54. The summed E-state index contributed by atoms with van der Waals surface area (Å²) in [6.07, 6.45) is 0. The van der Waals surface area contributed by atoms with Gasteiger partial charge in [0.15, 0.2) is 0 Å². The minimum absolute atomic E-state index is 0.120. The quantitative estimate of drug-likeness (QED) is 0.717. The van der Waals surface area contributed by atoms with Crippen molar-refractivity contribution < 1.29 is 4.74 Å². The highest BCUT2D eigenvalue weighted by Crippen LogP contribution is 2.24. The molecule has 0 aliphatic carbocycles. The third-order valence-electron chi connectivity index (χ3n) is 5.08. The Labute approximate surface area is 173 Å². The molecule has 2 aromatic carbocycles. The Balaban J connectivity index is 0.000000268. The van der Waals surface area contributed by atoms with Crippen LogP contribution in [-0.2, 0) is 6.54 Å². The van der Waals surface area contributed by atoms with E-state index < -0.39 is 0 Å². The van der Waals surface area contributed by atoms with Crippen LogP contribution in [0.25, 0.3) is 0 Å². The van der Waals surface area contributed by atoms with Crippen LogP contribution >= 0.6 is 0 Å². The van der Waals surface area contributed by atoms with Gasteiger partial charge in [0.1, 0.15) is 5.75 Å². The molecule has 1 N–H and O–H groups in total. The first-order chi connectivity index (χ1) is 13.2. The van der Waals surface area contributed by atoms with E-state index in [-0.39, 0.29) is 5.66 Å². The second kappa shape index (κ2) is 11.2. The van der Waals surface area contributed by atoms with Crippen molar-refractivity contribution in [2.24, 2.45) is 0 Å². The Kier molecular flexibility index (Phi) is 9.71. The number of hydrogen-bond donors (Lipinski definition) is 1. The van der Waals surface area contributed by atoms with Crippen LogP contribution in [-0.4, -0.2) is 30.3 Å². The molecule has 0 bridgehead atoms. The number of aryl methyl sites for hydroxylation is 3. The van der Waals surface area contributed by atoms with Gasteiger partial charge in [0, 0.05) is 19.1 Å². The Morgan fingerprint density at radius 2 is 1.57 bits per heavy atom. The first kappa shape index (κ1) is 24.2. The Hall–Kier alpha value is -1.84. The molecule has 0 aromatic heterocycles. The molecule has 0 amide bonds. The van der Waals surface area contributed by atoms with Gasteiger partial charge in [-0.25, -0.2) is 0 Å². The van der Waals surface area contributed by atoms with Crippen LogP contribution in [0.5, 0.6) is 5.75 Å². The number of nitrogens with zero attached hydrogens (tertiary/aromatic N) is 1. The van der Waals surface area contributed by atoms with Crippen LogP contribution in [0, 0.1) is 20.8 Å². The summed E-state index contributed by atoms with van der Waals surface area (Å²) in [4.78, 5) is 2.52. The first-order valence-corrected chi connectivity index (χ1v) is 10.4. The number of benzene rings is 2. The number of ether oxygens (including phenoxy) is 1. The van der Waals surface area contributed by atoms with Gasteiger partial charge in [-0.2, -0.15) is 0 Å². The Morgan fingerprint density at radius 1 is 1.04 bits per heavy atom. The largest absolute Gasteiger partial charge is 0.496 e. The molecule has 3 nitrogen and oxygen atoms in total. The maximum Gasteiger partial charge on any atom is 0.124 e. The third-order valence-corrected chi connectivity index (χ3v) is 5.08. The summed E-state index contributed by atoms with van der Waals surface area (Å²) < 4.78 is 5.23. The summed E-state index contributed by atoms with van der Waals surface area (Å²) in [7, 11) is 1.71. The third kappa shape index (κ3) is 6.65. The van der Waals surface area contributed by atoms with E-state index in [0.29, 0.717) is 6.04 Å². The standard InChI is InChI=1S/C13H20N2.C10H14O.C2H6/c1-11-9-14-13(2,3)15(11)10-12-7-5-4-6-8-12;1-7-5-8(2)10(11-4)9(3)6-7;1-2/h4-8,11,14H,9-10H2,1-3H3;5-6H,1-4H3;1-2H3. The number of methoxy groups -OCH3 is 1. The molecular weight excluding hydrogens is 344 g/mol. The minimum atomic E-state index is 0.120. The van der Waals surface area contributed by atoms with Gasteiger partial charge in [0.2, 0.25) is 0 Å². The molecule has 1 heterocycles. The van der Waals surface area contributed by atoms with Crippen LogP contribution < -0.4 is 10.1 Å². The summed E-state index contributed by atoms with van der Waals surface area (Å²) in [6, 6.07) is 15.5. The van der Waals surface area contributed by atoms with E-state index in [1.807, 2.05) is 13.8 Å². The van der Waals surface area contributed by atoms with Gasteiger partial charge in [-0.15, -0.1) is 0 Å². The number of hydrogen-bond acceptors (Lipinski definition) is 3. The fourth-order valence-corrected chi connectivity index (χ4v) is 3.78. The molecule has 0 radical (unpaired) electrons. The average molecular weight is 385 g/mol. The van der Waals surface area contributed by atoms with Crippen molar-refractivity contribution in [3.8, 4) is 5.75 Å². The van der Waals surface area contributed by atoms with Crippen molar-refractivity contribution in [3.05, 3.63) is 64.7 Å². The molecule has 0 saturated carbocycles. The van der Waals surface area contributed by atoms with Gasteiger partial charge in [0.25, 0.3) is 0 Å². The zero-order valence-electron chi connectivity index (χ0n) is 19.4. The number of rotatable bonds is 3. The molecule has 0 spiro atoms. The first-order valence-electron chi connectivity index (χ1n) is 10.4. The molecule has 3 heteroatoms. The highest BCUT2D eigenvalue weighted by atomic mass is 16.5. The zero-order valence-corrected chi connectivity index (χ0v) is 19.4. The normalized spacial score (nSPS) is 17.8. The maximum atomic E-state index is 5.23. The van der Waals surface area contributed by atoms with Crippen molar-refractivity contribution in [3.63, 3.8) is 0 Å². The van der Waals surface area contributed by atoms with Gasteiger partial charge in [0.05, 0.1) is 12.8 Å². The van der Waals surface area contributed by atoms with Crippen molar-refractivity contribution in [1.29, 1.82) is 0 Å². The highest BCUT2D eigenvalue weighted by Gasteiger charge is 2.36. The molecule has 1 unspecified atom stereocenters. The Bertz CT molecular complexity index is 687. The molecule has 28 heavy (non-hydrogen) atoms. The summed E-state index contributed by atoms with van der Waals surface area (Å²) in [5.74, 6) is 1.01. The lowest BCUT2D eigenvalue weighted by Gasteiger charge is -2.33. The van der Waals surface area contributed by atoms with Crippen molar-refractivity contribution in [2.45, 2.75) is 73.6 Å². The van der Waals surface area contributed by atoms with Crippen LogP contribution in [0.15, 0.2) is 42.5 Å². The monoisotopic (exact) mass is 384 g/mol. The molecule has 1 saturated heterocycles. The van der Waals surface area contributed by atoms with Crippen LogP contribution in [0.2, 0.25) is 0 Å². The SMILES string of the molecule is CC.CC1CNC(C)(C)N1Cc1ccccc1.COc1c(C)cc(C)cc1C. The van der Waals surface area contributed by atoms with E-state index in [9.17, 15) is 0 Å². The summed E-state index contributed by atoms with van der Waals surface area (Å²) in [5.41, 5.74) is 5.23. The molecule has 1 aliphatic heterocycles. The van der Waals surface area contributed by atoms with Crippen LogP contribution in [0.3, 0.4) is 0 Å². The van der Waals surface area contributed by atoms with E-state index >= 15 is 0 Å². The predicted molar refractivity (Wildman–Crippen MR) is 122 cm³/mol. The van der Waals surface area contributed by atoms with E-state index in [0.717, 1.165) is 18.8 Å². The molecular formula is C25H40N2O. The summed E-state index contributed by atoms with van der Waals surface area (Å²) in [6.45, 7) is 19.1. The molecule has 3 rings (SSSR count). The summed E-state index contributed by atoms with van der Waals surface area (Å²) >= 11 is 0. The molecule has 1 atom stereocenters. The minimum Gasteiger partial charge on any atom is -0.496 e.